The van der Waals surface area contributed by atoms with Gasteiger partial charge in [0.15, 0.2) is 0 Å². The number of hydrogen-bond acceptors (Lipinski definition) is 5. The molecule has 142 valence electrons. The Balaban J connectivity index is 1.53. The third-order valence-corrected chi connectivity index (χ3v) is 5.56. The van der Waals surface area contributed by atoms with Crippen LogP contribution in [0.15, 0.2) is 36.4 Å². The van der Waals surface area contributed by atoms with E-state index in [-0.39, 0.29) is 5.91 Å². The molecule has 2 aliphatic heterocycles. The molecule has 4 rings (SSSR count). The topological polar surface area (TPSA) is 66.5 Å². The van der Waals surface area contributed by atoms with Gasteiger partial charge in [0.2, 0.25) is 11.8 Å². The summed E-state index contributed by atoms with van der Waals surface area (Å²) in [6.45, 7) is 1.65. The molecule has 0 spiro atoms. The molecule has 1 saturated heterocycles. The number of methoxy groups -OCH3 is 1. The average molecular weight is 366 g/mol. The maximum absolute atomic E-state index is 12.0. The molecule has 0 unspecified atom stereocenters. The summed E-state index contributed by atoms with van der Waals surface area (Å²) in [4.78, 5) is 18.4. The first-order valence-electron chi connectivity index (χ1n) is 9.52. The van der Waals surface area contributed by atoms with Gasteiger partial charge in [-0.1, -0.05) is 30.3 Å². The van der Waals surface area contributed by atoms with Gasteiger partial charge in [0.1, 0.15) is 0 Å². The van der Waals surface area contributed by atoms with Gasteiger partial charge < -0.3 is 20.3 Å². The van der Waals surface area contributed by atoms with Crippen molar-refractivity contribution in [2.75, 3.05) is 25.6 Å². The number of ether oxygens (including phenoxy) is 1. The highest BCUT2D eigenvalue weighted by atomic mass is 16.5. The number of pyridine rings is 1. The second-order valence-corrected chi connectivity index (χ2v) is 7.19. The highest BCUT2D eigenvalue weighted by Crippen LogP contribution is 2.31. The van der Waals surface area contributed by atoms with Crippen molar-refractivity contribution in [2.24, 2.45) is 0 Å². The molecule has 2 N–H and O–H groups in total. The lowest BCUT2D eigenvalue weighted by atomic mass is 10.0. The number of amides is 1. The SMILES string of the molecule is COc1nc2c(cc1CN[C@@H]1CCN[C@@H]1c1ccccc1)N(C)C(=O)CC2. The van der Waals surface area contributed by atoms with Crippen LogP contribution in [-0.4, -0.2) is 37.6 Å². The molecule has 1 aromatic carbocycles. The first-order chi connectivity index (χ1) is 13.2. The largest absolute Gasteiger partial charge is 0.481 e. The predicted molar refractivity (Wildman–Crippen MR) is 105 cm³/mol. The van der Waals surface area contributed by atoms with Crippen molar-refractivity contribution in [3.63, 3.8) is 0 Å². The number of nitrogens with one attached hydrogen (secondary N) is 2. The van der Waals surface area contributed by atoms with E-state index in [9.17, 15) is 4.79 Å². The fourth-order valence-corrected chi connectivity index (χ4v) is 4.04. The van der Waals surface area contributed by atoms with Crippen LogP contribution in [0.1, 0.15) is 35.7 Å². The van der Waals surface area contributed by atoms with Crippen LogP contribution in [0.3, 0.4) is 0 Å². The van der Waals surface area contributed by atoms with Gasteiger partial charge in [-0.2, -0.15) is 0 Å². The maximum atomic E-state index is 12.0. The van der Waals surface area contributed by atoms with E-state index in [0.717, 1.165) is 29.9 Å². The monoisotopic (exact) mass is 366 g/mol. The standard InChI is InChI=1S/C21H26N4O2/c1-25-18-12-15(21(27-2)24-16(18)8-9-19(25)26)13-23-17-10-11-22-20(17)14-6-4-3-5-7-14/h3-7,12,17,20,22-23H,8-11,13H2,1-2H3/t17-,20-/m1/s1. The summed E-state index contributed by atoms with van der Waals surface area (Å²) in [5.41, 5.74) is 4.11. The lowest BCUT2D eigenvalue weighted by molar-refractivity contribution is -0.118. The molecule has 0 saturated carbocycles. The number of carbonyl (C=O) groups is 1. The number of anilines is 1. The zero-order valence-electron chi connectivity index (χ0n) is 15.9. The summed E-state index contributed by atoms with van der Waals surface area (Å²) < 4.78 is 5.53. The summed E-state index contributed by atoms with van der Waals surface area (Å²) in [5.74, 6) is 0.781. The minimum atomic E-state index is 0.137. The third kappa shape index (κ3) is 3.55. The second kappa shape index (κ2) is 7.66. The van der Waals surface area contributed by atoms with Gasteiger partial charge in [0.05, 0.1) is 18.5 Å². The molecule has 0 radical (unpaired) electrons. The Labute approximate surface area is 159 Å². The van der Waals surface area contributed by atoms with Crippen molar-refractivity contribution in [2.45, 2.75) is 37.9 Å². The van der Waals surface area contributed by atoms with Crippen LogP contribution >= 0.6 is 0 Å². The normalized spacial score (nSPS) is 22.0. The summed E-state index contributed by atoms with van der Waals surface area (Å²) in [6, 6.07) is 13.2. The van der Waals surface area contributed by atoms with Gasteiger partial charge >= 0.3 is 0 Å². The minimum absolute atomic E-state index is 0.137. The van der Waals surface area contributed by atoms with Gasteiger partial charge in [0, 0.05) is 44.1 Å². The van der Waals surface area contributed by atoms with Crippen molar-refractivity contribution in [3.8, 4) is 5.88 Å². The number of rotatable bonds is 5. The Morgan fingerprint density at radius 1 is 1.30 bits per heavy atom. The van der Waals surface area contributed by atoms with Gasteiger partial charge in [-0.05, 0) is 24.6 Å². The van der Waals surface area contributed by atoms with Gasteiger partial charge in [-0.25, -0.2) is 4.98 Å². The minimum Gasteiger partial charge on any atom is -0.481 e. The van der Waals surface area contributed by atoms with Crippen molar-refractivity contribution < 1.29 is 9.53 Å². The molecule has 6 nitrogen and oxygen atoms in total. The van der Waals surface area contributed by atoms with Crippen molar-refractivity contribution in [3.05, 3.63) is 53.2 Å². The number of aromatic nitrogens is 1. The van der Waals surface area contributed by atoms with Gasteiger partial charge in [-0.3, -0.25) is 4.79 Å². The molecule has 1 aromatic heterocycles. The number of nitrogens with zero attached hydrogens (tertiary/aromatic N) is 2. The Morgan fingerprint density at radius 3 is 2.89 bits per heavy atom. The van der Waals surface area contributed by atoms with E-state index >= 15 is 0 Å². The Hall–Kier alpha value is -2.44. The van der Waals surface area contributed by atoms with Gasteiger partial charge in [0.25, 0.3) is 0 Å². The van der Waals surface area contributed by atoms with E-state index in [2.05, 4.69) is 39.9 Å². The van der Waals surface area contributed by atoms with Crippen molar-refractivity contribution >= 4 is 11.6 Å². The Bertz CT molecular complexity index is 824. The average Bonchev–Trinajstić information content (AvgIpc) is 3.18. The van der Waals surface area contributed by atoms with Crippen LogP contribution in [0.25, 0.3) is 0 Å². The second-order valence-electron chi connectivity index (χ2n) is 7.19. The molecule has 27 heavy (non-hydrogen) atoms. The van der Waals surface area contributed by atoms with Crippen LogP contribution in [0, 0.1) is 0 Å². The molecular formula is C21H26N4O2. The van der Waals surface area contributed by atoms with Crippen LogP contribution in [0.5, 0.6) is 5.88 Å². The first kappa shape index (κ1) is 17.9. The lowest BCUT2D eigenvalue weighted by Crippen LogP contribution is -2.35. The Morgan fingerprint density at radius 2 is 2.11 bits per heavy atom. The zero-order chi connectivity index (χ0) is 18.8. The van der Waals surface area contributed by atoms with Crippen molar-refractivity contribution in [1.29, 1.82) is 0 Å². The number of aryl methyl sites for hydroxylation is 1. The molecule has 2 aromatic rings. The molecule has 1 fully saturated rings. The zero-order valence-corrected chi connectivity index (χ0v) is 15.9. The summed E-state index contributed by atoms with van der Waals surface area (Å²) in [5, 5.41) is 7.26. The summed E-state index contributed by atoms with van der Waals surface area (Å²) in [6.07, 6.45) is 2.24. The molecule has 0 aliphatic carbocycles. The smallest absolute Gasteiger partial charge is 0.227 e. The number of carbonyl (C=O) groups excluding carboxylic acids is 1. The van der Waals surface area contributed by atoms with E-state index in [1.807, 2.05) is 19.2 Å². The number of hydrogen-bond donors (Lipinski definition) is 2. The molecule has 1 amide bonds. The lowest BCUT2D eigenvalue weighted by Gasteiger charge is -2.27. The molecular weight excluding hydrogens is 340 g/mol. The van der Waals surface area contributed by atoms with Gasteiger partial charge in [-0.15, -0.1) is 0 Å². The van der Waals surface area contributed by atoms with Crippen LogP contribution < -0.4 is 20.3 Å². The van der Waals surface area contributed by atoms with Crippen LogP contribution in [0.4, 0.5) is 5.69 Å². The van der Waals surface area contributed by atoms with Crippen molar-refractivity contribution in [1.82, 2.24) is 15.6 Å². The van der Waals surface area contributed by atoms with E-state index in [4.69, 9.17) is 4.74 Å². The quantitative estimate of drug-likeness (QED) is 0.849. The number of benzene rings is 1. The van der Waals surface area contributed by atoms with E-state index < -0.39 is 0 Å². The molecule has 2 aliphatic rings. The fraction of sp³-hybridized carbons (Fsp3) is 0.429. The van der Waals surface area contributed by atoms with Crippen LogP contribution in [0.2, 0.25) is 0 Å². The summed E-state index contributed by atoms with van der Waals surface area (Å²) >= 11 is 0. The highest BCUT2D eigenvalue weighted by Gasteiger charge is 2.29. The van der Waals surface area contributed by atoms with E-state index in [1.54, 1.807) is 12.0 Å². The fourth-order valence-electron chi connectivity index (χ4n) is 4.04. The molecule has 6 heteroatoms. The van der Waals surface area contributed by atoms with E-state index in [0.29, 0.717) is 37.4 Å². The number of fused-ring (bicyclic) bond motifs is 1. The third-order valence-electron chi connectivity index (χ3n) is 5.56. The predicted octanol–water partition coefficient (Wildman–Crippen LogP) is 2.19. The van der Waals surface area contributed by atoms with Crippen LogP contribution in [-0.2, 0) is 17.8 Å². The summed E-state index contributed by atoms with van der Waals surface area (Å²) in [7, 11) is 3.47. The Kier molecular flexibility index (Phi) is 5.09. The molecule has 2 atom stereocenters. The molecule has 3 heterocycles. The maximum Gasteiger partial charge on any atom is 0.227 e. The van der Waals surface area contributed by atoms with E-state index in [1.165, 1.54) is 5.56 Å². The highest BCUT2D eigenvalue weighted by molar-refractivity contribution is 5.95. The molecule has 0 bridgehead atoms. The first-order valence-corrected chi connectivity index (χ1v) is 9.52.